The van der Waals surface area contributed by atoms with E-state index in [4.69, 9.17) is 4.74 Å². The van der Waals surface area contributed by atoms with Crippen LogP contribution in [-0.2, 0) is 0 Å². The highest BCUT2D eigenvalue weighted by atomic mass is 16.5. The molecule has 0 fully saturated rings. The molecule has 3 aromatic carbocycles. The van der Waals surface area contributed by atoms with E-state index >= 15 is 0 Å². The van der Waals surface area contributed by atoms with Crippen LogP contribution < -0.4 is 20.7 Å². The van der Waals surface area contributed by atoms with Gasteiger partial charge < -0.3 is 20.7 Å². The molecular weight excluding hydrogens is 366 g/mol. The molecule has 0 atom stereocenters. The molecule has 0 bridgehead atoms. The molecule has 3 N–H and O–H groups in total. The van der Waals surface area contributed by atoms with Gasteiger partial charge in [0, 0.05) is 16.9 Å². The van der Waals surface area contributed by atoms with Crippen molar-refractivity contribution in [2.75, 3.05) is 23.8 Å². The molecule has 6 heteroatoms. The Balaban J connectivity index is 1.42. The van der Waals surface area contributed by atoms with Gasteiger partial charge in [0.1, 0.15) is 12.4 Å². The van der Waals surface area contributed by atoms with Gasteiger partial charge in [0.2, 0.25) is 0 Å². The Bertz CT molecular complexity index is 939. The molecule has 0 radical (unpaired) electrons. The molecule has 0 saturated heterocycles. The topological polar surface area (TPSA) is 79.5 Å². The summed E-state index contributed by atoms with van der Waals surface area (Å²) in [6, 6.07) is 23.3. The predicted molar refractivity (Wildman–Crippen MR) is 115 cm³/mol. The molecule has 0 aliphatic rings. The lowest BCUT2D eigenvalue weighted by Crippen LogP contribution is -2.28. The lowest BCUT2D eigenvalue weighted by Gasteiger charge is -2.09. The van der Waals surface area contributed by atoms with Gasteiger partial charge >= 0.3 is 6.03 Å². The molecule has 0 spiro atoms. The van der Waals surface area contributed by atoms with Gasteiger partial charge in [0.15, 0.2) is 0 Å². The van der Waals surface area contributed by atoms with Gasteiger partial charge in [-0.15, -0.1) is 0 Å². The Kier molecular flexibility index (Phi) is 6.84. The third-order valence-corrected chi connectivity index (χ3v) is 4.11. The zero-order valence-corrected chi connectivity index (χ0v) is 16.1. The molecule has 3 amide bonds. The standard InChI is InChI=1S/C23H23N3O3/c1-17-7-13-21(14-8-17)29-16-15-24-22(27)18-9-11-20(12-10-18)26-23(28)25-19-5-3-2-4-6-19/h2-14H,15-16H2,1H3,(H,24,27)(H2,25,26,28). The molecule has 29 heavy (non-hydrogen) atoms. The van der Waals surface area contributed by atoms with Crippen LogP contribution in [0.1, 0.15) is 15.9 Å². The number of anilines is 2. The van der Waals surface area contributed by atoms with Crippen molar-refractivity contribution in [1.82, 2.24) is 5.32 Å². The van der Waals surface area contributed by atoms with Crippen molar-refractivity contribution in [3.05, 3.63) is 90.0 Å². The van der Waals surface area contributed by atoms with E-state index in [-0.39, 0.29) is 11.9 Å². The second-order valence-corrected chi connectivity index (χ2v) is 6.44. The highest BCUT2D eigenvalue weighted by Crippen LogP contribution is 2.12. The summed E-state index contributed by atoms with van der Waals surface area (Å²) in [6.45, 7) is 2.79. The molecule has 3 rings (SSSR count). The van der Waals surface area contributed by atoms with Gasteiger partial charge in [-0.1, -0.05) is 35.9 Å². The third kappa shape index (κ3) is 6.39. The fraction of sp³-hybridized carbons (Fsp3) is 0.130. The molecule has 0 saturated carbocycles. The zero-order chi connectivity index (χ0) is 20.5. The van der Waals surface area contributed by atoms with Crippen molar-refractivity contribution in [1.29, 1.82) is 0 Å². The number of urea groups is 1. The third-order valence-electron chi connectivity index (χ3n) is 4.11. The molecule has 3 aromatic rings. The van der Waals surface area contributed by atoms with Gasteiger partial charge in [0.25, 0.3) is 5.91 Å². The number of carbonyl (C=O) groups excluding carboxylic acids is 2. The largest absolute Gasteiger partial charge is 0.492 e. The van der Waals surface area contributed by atoms with Crippen molar-refractivity contribution >= 4 is 23.3 Å². The van der Waals surface area contributed by atoms with Crippen LogP contribution in [0.5, 0.6) is 5.75 Å². The summed E-state index contributed by atoms with van der Waals surface area (Å²) in [5.74, 6) is 0.576. The first-order valence-electron chi connectivity index (χ1n) is 9.31. The maximum absolute atomic E-state index is 12.2. The Morgan fingerprint density at radius 2 is 1.41 bits per heavy atom. The number of carbonyl (C=O) groups is 2. The average molecular weight is 389 g/mol. The molecule has 0 heterocycles. The molecule has 148 valence electrons. The average Bonchev–Trinajstić information content (AvgIpc) is 2.73. The number of aryl methyl sites for hydroxylation is 1. The van der Waals surface area contributed by atoms with Gasteiger partial charge in [-0.2, -0.15) is 0 Å². The summed E-state index contributed by atoms with van der Waals surface area (Å²) >= 11 is 0. The molecule has 0 unspecified atom stereocenters. The van der Waals surface area contributed by atoms with Crippen LogP contribution in [-0.4, -0.2) is 25.1 Å². The minimum Gasteiger partial charge on any atom is -0.492 e. The second kappa shape index (κ2) is 9.94. The van der Waals surface area contributed by atoms with Crippen LogP contribution in [0.3, 0.4) is 0 Å². The Morgan fingerprint density at radius 3 is 2.07 bits per heavy atom. The van der Waals surface area contributed by atoms with Crippen molar-refractivity contribution in [3.63, 3.8) is 0 Å². The first-order valence-corrected chi connectivity index (χ1v) is 9.31. The van der Waals surface area contributed by atoms with Crippen molar-refractivity contribution in [3.8, 4) is 5.75 Å². The van der Waals surface area contributed by atoms with E-state index in [0.717, 1.165) is 5.75 Å². The van der Waals surface area contributed by atoms with Crippen molar-refractivity contribution in [2.24, 2.45) is 0 Å². The first-order chi connectivity index (χ1) is 14.1. The van der Waals surface area contributed by atoms with Crippen molar-refractivity contribution in [2.45, 2.75) is 6.92 Å². The fourth-order valence-electron chi connectivity index (χ4n) is 2.59. The minimum atomic E-state index is -0.346. The highest BCUT2D eigenvalue weighted by Gasteiger charge is 2.07. The molecule has 6 nitrogen and oxygen atoms in total. The number of hydrogen-bond donors (Lipinski definition) is 3. The Morgan fingerprint density at radius 1 is 0.793 bits per heavy atom. The normalized spacial score (nSPS) is 10.1. The van der Waals surface area contributed by atoms with Gasteiger partial charge in [0.05, 0.1) is 6.54 Å². The molecular formula is C23H23N3O3. The van der Waals surface area contributed by atoms with Crippen LogP contribution in [0.2, 0.25) is 0 Å². The van der Waals surface area contributed by atoms with Crippen LogP contribution in [0.4, 0.5) is 16.2 Å². The fourth-order valence-corrected chi connectivity index (χ4v) is 2.59. The number of para-hydroxylation sites is 1. The molecule has 0 aliphatic heterocycles. The molecule has 0 aromatic heterocycles. The summed E-state index contributed by atoms with van der Waals surface area (Å²) in [5, 5.41) is 8.27. The number of ether oxygens (including phenoxy) is 1. The van der Waals surface area contributed by atoms with E-state index in [2.05, 4.69) is 16.0 Å². The van der Waals surface area contributed by atoms with Crippen LogP contribution in [0.15, 0.2) is 78.9 Å². The van der Waals surface area contributed by atoms with E-state index in [9.17, 15) is 9.59 Å². The lowest BCUT2D eigenvalue weighted by atomic mass is 10.2. The van der Waals surface area contributed by atoms with Crippen molar-refractivity contribution < 1.29 is 14.3 Å². The minimum absolute atomic E-state index is 0.196. The maximum atomic E-state index is 12.2. The van der Waals surface area contributed by atoms with Crippen LogP contribution >= 0.6 is 0 Å². The summed E-state index contributed by atoms with van der Waals surface area (Å²) in [4.78, 5) is 24.2. The predicted octanol–water partition coefficient (Wildman–Crippen LogP) is 4.45. The smallest absolute Gasteiger partial charge is 0.323 e. The summed E-state index contributed by atoms with van der Waals surface area (Å²) < 4.78 is 5.59. The van der Waals surface area contributed by atoms with Gasteiger partial charge in [-0.25, -0.2) is 4.79 Å². The van der Waals surface area contributed by atoms with E-state index in [1.54, 1.807) is 36.4 Å². The number of rotatable bonds is 7. The quantitative estimate of drug-likeness (QED) is 0.523. The number of hydrogen-bond acceptors (Lipinski definition) is 3. The number of nitrogens with one attached hydrogen (secondary N) is 3. The van der Waals surface area contributed by atoms with E-state index in [1.807, 2.05) is 49.4 Å². The van der Waals surface area contributed by atoms with Crippen LogP contribution in [0.25, 0.3) is 0 Å². The van der Waals surface area contributed by atoms with Crippen LogP contribution in [0, 0.1) is 6.92 Å². The van der Waals surface area contributed by atoms with Gasteiger partial charge in [-0.05, 0) is 55.5 Å². The number of benzene rings is 3. The lowest BCUT2D eigenvalue weighted by molar-refractivity contribution is 0.0947. The maximum Gasteiger partial charge on any atom is 0.323 e. The SMILES string of the molecule is Cc1ccc(OCCNC(=O)c2ccc(NC(=O)Nc3ccccc3)cc2)cc1. The summed E-state index contributed by atoms with van der Waals surface area (Å²) in [7, 11) is 0. The van der Waals surface area contributed by atoms with E-state index in [0.29, 0.717) is 30.1 Å². The van der Waals surface area contributed by atoms with E-state index < -0.39 is 0 Å². The van der Waals surface area contributed by atoms with E-state index in [1.165, 1.54) is 5.56 Å². The Labute approximate surface area is 169 Å². The zero-order valence-electron chi connectivity index (χ0n) is 16.1. The van der Waals surface area contributed by atoms with Gasteiger partial charge in [-0.3, -0.25) is 4.79 Å². The summed E-state index contributed by atoms with van der Waals surface area (Å²) in [6.07, 6.45) is 0. The monoisotopic (exact) mass is 389 g/mol. The first kappa shape index (κ1) is 19.9. The Hall–Kier alpha value is -3.80. The second-order valence-electron chi connectivity index (χ2n) is 6.44. The number of amides is 3. The summed E-state index contributed by atoms with van der Waals surface area (Å²) in [5.41, 5.74) is 2.97. The highest BCUT2D eigenvalue weighted by molar-refractivity contribution is 6.00. The molecule has 0 aliphatic carbocycles.